The van der Waals surface area contributed by atoms with E-state index in [9.17, 15) is 4.79 Å². The predicted molar refractivity (Wildman–Crippen MR) is 122 cm³/mol. The molecule has 0 amide bonds. The third kappa shape index (κ3) is 5.16. The van der Waals surface area contributed by atoms with Gasteiger partial charge in [0.25, 0.3) is 5.56 Å². The number of nitrogens with zero attached hydrogens (tertiary/aromatic N) is 1. The van der Waals surface area contributed by atoms with Crippen LogP contribution in [0.3, 0.4) is 0 Å². The van der Waals surface area contributed by atoms with Gasteiger partial charge in [0.05, 0.1) is 38.8 Å². The van der Waals surface area contributed by atoms with Crippen LogP contribution >= 0.6 is 12.2 Å². The fourth-order valence-corrected chi connectivity index (χ4v) is 3.49. The van der Waals surface area contributed by atoms with E-state index in [1.54, 1.807) is 12.5 Å². The van der Waals surface area contributed by atoms with Crippen molar-refractivity contribution in [3.8, 4) is 5.75 Å². The third-order valence-electron chi connectivity index (χ3n) is 4.77. The van der Waals surface area contributed by atoms with Gasteiger partial charge in [-0.2, -0.15) is 0 Å². The second-order valence-electron chi connectivity index (χ2n) is 6.98. The first-order valence-electron chi connectivity index (χ1n) is 9.98. The molecule has 0 unspecified atom stereocenters. The molecule has 0 aliphatic heterocycles. The average Bonchev–Trinajstić information content (AvgIpc) is 3.46. The van der Waals surface area contributed by atoms with Crippen molar-refractivity contribution in [3.05, 3.63) is 88.5 Å². The van der Waals surface area contributed by atoms with E-state index in [4.69, 9.17) is 25.8 Å². The summed E-state index contributed by atoms with van der Waals surface area (Å²) >= 11 is 5.61. The molecule has 2 N–H and O–H groups in total. The van der Waals surface area contributed by atoms with Crippen LogP contribution in [0.4, 0.5) is 0 Å². The summed E-state index contributed by atoms with van der Waals surface area (Å²) in [7, 11) is 0. The topological polar surface area (TPSA) is 83.6 Å². The van der Waals surface area contributed by atoms with Gasteiger partial charge in [0, 0.05) is 16.5 Å². The number of aromatic amines is 1. The highest BCUT2D eigenvalue weighted by Gasteiger charge is 2.16. The van der Waals surface area contributed by atoms with Gasteiger partial charge in [0.1, 0.15) is 17.3 Å². The highest BCUT2D eigenvalue weighted by atomic mass is 32.1. The lowest BCUT2D eigenvalue weighted by atomic mass is 10.1. The predicted octanol–water partition coefficient (Wildman–Crippen LogP) is 4.19. The van der Waals surface area contributed by atoms with Crippen LogP contribution in [0.1, 0.15) is 24.0 Å². The fraction of sp³-hybridized carbons (Fsp3) is 0.217. The van der Waals surface area contributed by atoms with Crippen LogP contribution in [0.15, 0.2) is 74.7 Å². The standard InChI is InChI=1S/C23H23N3O4S/c1-2-28-18-7-8-21-16(12-18)11-17(22(27)25-21)14-26(15-20-6-4-10-30-20)23(31)24-13-19-5-3-9-29-19/h3-12H,2,13-15H2,1H3,(H,24,31)(H,25,27). The van der Waals surface area contributed by atoms with Gasteiger partial charge in [-0.1, -0.05) is 0 Å². The van der Waals surface area contributed by atoms with Gasteiger partial charge in [0.2, 0.25) is 0 Å². The molecule has 160 valence electrons. The minimum atomic E-state index is -0.157. The molecule has 7 nitrogen and oxygen atoms in total. The summed E-state index contributed by atoms with van der Waals surface area (Å²) in [6.07, 6.45) is 3.23. The molecule has 0 aliphatic carbocycles. The Morgan fingerprint density at radius 3 is 2.58 bits per heavy atom. The zero-order valence-electron chi connectivity index (χ0n) is 17.1. The van der Waals surface area contributed by atoms with Gasteiger partial charge in [0.15, 0.2) is 5.11 Å². The molecular weight excluding hydrogens is 414 g/mol. The summed E-state index contributed by atoms with van der Waals surface area (Å²) < 4.78 is 16.4. The number of nitrogens with one attached hydrogen (secondary N) is 2. The van der Waals surface area contributed by atoms with E-state index in [0.717, 1.165) is 28.2 Å². The molecule has 3 heterocycles. The third-order valence-corrected chi connectivity index (χ3v) is 5.18. The first-order valence-corrected chi connectivity index (χ1v) is 10.4. The lowest BCUT2D eigenvalue weighted by molar-refractivity contribution is 0.340. The fourth-order valence-electron chi connectivity index (χ4n) is 3.29. The Morgan fingerprint density at radius 1 is 1.10 bits per heavy atom. The maximum atomic E-state index is 12.7. The molecule has 0 fully saturated rings. The number of H-pyrrole nitrogens is 1. The number of furan rings is 2. The molecule has 0 bridgehead atoms. The van der Waals surface area contributed by atoms with E-state index in [0.29, 0.717) is 36.9 Å². The number of fused-ring (bicyclic) bond motifs is 1. The minimum Gasteiger partial charge on any atom is -0.494 e. The van der Waals surface area contributed by atoms with E-state index >= 15 is 0 Å². The Labute approximate surface area is 184 Å². The van der Waals surface area contributed by atoms with Crippen molar-refractivity contribution in [1.82, 2.24) is 15.2 Å². The quantitative estimate of drug-likeness (QED) is 0.400. The highest BCUT2D eigenvalue weighted by molar-refractivity contribution is 7.80. The summed E-state index contributed by atoms with van der Waals surface area (Å²) in [6.45, 7) is 3.70. The van der Waals surface area contributed by atoms with E-state index in [1.807, 2.05) is 60.4 Å². The van der Waals surface area contributed by atoms with Crippen molar-refractivity contribution in [2.24, 2.45) is 0 Å². The molecule has 31 heavy (non-hydrogen) atoms. The molecule has 0 aliphatic rings. The second kappa shape index (κ2) is 9.53. The Balaban J connectivity index is 1.58. The van der Waals surface area contributed by atoms with E-state index in [2.05, 4.69) is 10.3 Å². The summed E-state index contributed by atoms with van der Waals surface area (Å²) in [6, 6.07) is 14.9. The maximum Gasteiger partial charge on any atom is 0.253 e. The van der Waals surface area contributed by atoms with Crippen LogP contribution in [0.2, 0.25) is 0 Å². The summed E-state index contributed by atoms with van der Waals surface area (Å²) in [4.78, 5) is 17.6. The zero-order valence-corrected chi connectivity index (χ0v) is 17.9. The van der Waals surface area contributed by atoms with Crippen LogP contribution in [0.25, 0.3) is 10.9 Å². The first kappa shape index (κ1) is 20.7. The minimum absolute atomic E-state index is 0.157. The van der Waals surface area contributed by atoms with Crippen molar-refractivity contribution < 1.29 is 13.6 Å². The van der Waals surface area contributed by atoms with Gasteiger partial charge in [-0.25, -0.2) is 0 Å². The molecule has 3 aromatic heterocycles. The Hall–Kier alpha value is -3.52. The molecule has 0 spiro atoms. The van der Waals surface area contributed by atoms with Crippen LogP contribution < -0.4 is 15.6 Å². The van der Waals surface area contributed by atoms with Gasteiger partial charge < -0.3 is 28.8 Å². The lowest BCUT2D eigenvalue weighted by Crippen LogP contribution is -2.39. The number of ether oxygens (including phenoxy) is 1. The van der Waals surface area contributed by atoms with Crippen molar-refractivity contribution in [3.63, 3.8) is 0 Å². The van der Waals surface area contributed by atoms with Crippen LogP contribution in [0.5, 0.6) is 5.75 Å². The van der Waals surface area contributed by atoms with E-state index in [1.165, 1.54) is 0 Å². The molecule has 1 aromatic carbocycles. The number of hydrogen-bond acceptors (Lipinski definition) is 5. The van der Waals surface area contributed by atoms with Crippen LogP contribution in [0, 0.1) is 0 Å². The summed E-state index contributed by atoms with van der Waals surface area (Å²) in [5.74, 6) is 2.28. The molecule has 0 radical (unpaired) electrons. The largest absolute Gasteiger partial charge is 0.494 e. The monoisotopic (exact) mass is 437 g/mol. The molecular formula is C23H23N3O4S. The smallest absolute Gasteiger partial charge is 0.253 e. The molecule has 8 heteroatoms. The number of thiocarbonyl (C=S) groups is 1. The first-order chi connectivity index (χ1) is 15.1. The Bertz CT molecular complexity index is 1200. The van der Waals surface area contributed by atoms with Crippen molar-refractivity contribution in [2.45, 2.75) is 26.6 Å². The summed E-state index contributed by atoms with van der Waals surface area (Å²) in [5.41, 5.74) is 1.19. The SMILES string of the molecule is CCOc1ccc2[nH]c(=O)c(CN(Cc3ccco3)C(=S)NCc3ccco3)cc2c1. The highest BCUT2D eigenvalue weighted by Crippen LogP contribution is 2.20. The van der Waals surface area contributed by atoms with Crippen molar-refractivity contribution in [2.75, 3.05) is 6.61 Å². The van der Waals surface area contributed by atoms with E-state index < -0.39 is 0 Å². The zero-order chi connectivity index (χ0) is 21.6. The summed E-state index contributed by atoms with van der Waals surface area (Å²) in [5, 5.41) is 4.58. The second-order valence-corrected chi connectivity index (χ2v) is 7.37. The Kier molecular flexibility index (Phi) is 6.37. The van der Waals surface area contributed by atoms with Crippen molar-refractivity contribution >= 4 is 28.2 Å². The van der Waals surface area contributed by atoms with Crippen molar-refractivity contribution in [1.29, 1.82) is 0 Å². The van der Waals surface area contributed by atoms with E-state index in [-0.39, 0.29) is 5.56 Å². The maximum absolute atomic E-state index is 12.7. The van der Waals surface area contributed by atoms with Crippen LogP contribution in [-0.4, -0.2) is 21.6 Å². The average molecular weight is 438 g/mol. The molecule has 4 rings (SSSR count). The number of hydrogen-bond donors (Lipinski definition) is 2. The normalized spacial score (nSPS) is 10.9. The van der Waals surface area contributed by atoms with Gasteiger partial charge in [-0.3, -0.25) is 4.79 Å². The molecule has 0 atom stereocenters. The number of rotatable bonds is 8. The van der Waals surface area contributed by atoms with Crippen LogP contribution in [-0.2, 0) is 19.6 Å². The number of aromatic nitrogens is 1. The van der Waals surface area contributed by atoms with Gasteiger partial charge >= 0.3 is 0 Å². The molecule has 0 saturated heterocycles. The van der Waals surface area contributed by atoms with Gasteiger partial charge in [-0.05, 0) is 67.7 Å². The number of pyridine rings is 1. The van der Waals surface area contributed by atoms with Gasteiger partial charge in [-0.15, -0.1) is 0 Å². The molecule has 0 saturated carbocycles. The molecule has 4 aromatic rings. The Morgan fingerprint density at radius 2 is 1.87 bits per heavy atom. The number of benzene rings is 1. The lowest BCUT2D eigenvalue weighted by Gasteiger charge is -2.24.